The molecule has 0 aromatic heterocycles. The minimum absolute atomic E-state index is 0.0554. The lowest BCUT2D eigenvalue weighted by Gasteiger charge is -2.20. The molecule has 1 unspecified atom stereocenters. The molecule has 0 bridgehead atoms. The average Bonchev–Trinajstić information content (AvgIpc) is 3.49. The van der Waals surface area contributed by atoms with Gasteiger partial charge in [-0.3, -0.25) is 23.2 Å². The van der Waals surface area contributed by atoms with Crippen LogP contribution in [0.15, 0.2) is 48.6 Å². The van der Waals surface area contributed by atoms with Crippen molar-refractivity contribution in [1.29, 1.82) is 0 Å². The van der Waals surface area contributed by atoms with E-state index < -0.39 is 84.5 Å². The molecule has 360 valence electrons. The minimum atomic E-state index is -4.90. The first-order chi connectivity index (χ1) is 29.6. The van der Waals surface area contributed by atoms with E-state index in [2.05, 4.69) is 47.2 Å². The van der Waals surface area contributed by atoms with Crippen molar-refractivity contribution in [1.82, 2.24) is 0 Å². The number of hydrogen-bond acceptors (Lipinski definition) is 13. The van der Waals surface area contributed by atoms with Gasteiger partial charge in [0.05, 0.1) is 44.6 Å². The van der Waals surface area contributed by atoms with Crippen LogP contribution in [0.25, 0.3) is 0 Å². The van der Waals surface area contributed by atoms with Gasteiger partial charge in [0.1, 0.15) is 12.7 Å². The molecule has 0 amide bonds. The summed E-state index contributed by atoms with van der Waals surface area (Å²) in [5, 5.41) is 41.1. The van der Waals surface area contributed by atoms with Crippen LogP contribution < -0.4 is 0 Å². The lowest BCUT2D eigenvalue weighted by molar-refractivity contribution is -0.160. The first-order valence-corrected chi connectivity index (χ1v) is 25.6. The summed E-state index contributed by atoms with van der Waals surface area (Å²) in [7, 11) is -9.79. The molecule has 1 fully saturated rings. The average molecular weight is 925 g/mol. The highest BCUT2D eigenvalue weighted by Crippen LogP contribution is 2.44. The zero-order valence-electron chi connectivity index (χ0n) is 37.0. The van der Waals surface area contributed by atoms with Crippen LogP contribution in [0.2, 0.25) is 0 Å². The molecule has 18 heteroatoms. The Hall–Kier alpha value is -2.04. The van der Waals surface area contributed by atoms with E-state index in [0.717, 1.165) is 77.0 Å². The van der Waals surface area contributed by atoms with Gasteiger partial charge in [0.25, 0.3) is 0 Å². The fourth-order valence-electron chi connectivity index (χ4n) is 6.76. The van der Waals surface area contributed by atoms with Gasteiger partial charge in [-0.05, 0) is 57.3 Å². The zero-order chi connectivity index (χ0) is 46.1. The standard InChI is InChI=1S/C44H78O16P2/c1-3-5-7-8-9-10-11-12-13-14-15-16-17-18-19-20-22-28-44(50)60-38(35-59-62(54,55)58-33-37(46)32-57-61(51,52)53)34-56-43(49)27-24-23-26-39-40(42(48)31-41(39)47)30-29-36(45)25-21-6-4-2/h9-10,12-13,23-24,29-30,36-42,45-48H,3-8,11,14-22,25-28,31-35H2,1-2H3,(H,54,55)(H2,51,52,53)/b10-9-,13-12-,24-23-,30-29+/t36-,37+,38-,39+,40-,41+,42-/m1/s1. The third-order valence-corrected chi connectivity index (χ3v) is 11.7. The van der Waals surface area contributed by atoms with Gasteiger partial charge < -0.3 is 44.6 Å². The first-order valence-electron chi connectivity index (χ1n) is 22.6. The summed E-state index contributed by atoms with van der Waals surface area (Å²) in [6.45, 7) is 1.25. The molecule has 0 saturated heterocycles. The van der Waals surface area contributed by atoms with Crippen LogP contribution in [0.5, 0.6) is 0 Å². The van der Waals surface area contributed by atoms with Gasteiger partial charge in [-0.25, -0.2) is 9.13 Å². The Bertz CT molecular complexity index is 1400. The van der Waals surface area contributed by atoms with E-state index in [-0.39, 0.29) is 31.1 Å². The number of rotatable bonds is 38. The fraction of sp³-hybridized carbons (Fsp3) is 0.773. The number of carbonyl (C=O) groups is 2. The Morgan fingerprint density at radius 3 is 1.94 bits per heavy atom. The third kappa shape index (κ3) is 31.7. The van der Waals surface area contributed by atoms with Crippen LogP contribution in [0.3, 0.4) is 0 Å². The second-order valence-electron chi connectivity index (χ2n) is 16.0. The Morgan fingerprint density at radius 2 is 1.27 bits per heavy atom. The summed E-state index contributed by atoms with van der Waals surface area (Å²) in [6, 6.07) is 0. The molecule has 7 N–H and O–H groups in total. The summed E-state index contributed by atoms with van der Waals surface area (Å²) in [4.78, 5) is 53.0. The summed E-state index contributed by atoms with van der Waals surface area (Å²) in [6.07, 6.45) is 28.0. The highest BCUT2D eigenvalue weighted by molar-refractivity contribution is 7.47. The van der Waals surface area contributed by atoms with Gasteiger partial charge in [0.2, 0.25) is 0 Å². The number of phosphoric ester groups is 2. The van der Waals surface area contributed by atoms with Gasteiger partial charge >= 0.3 is 27.6 Å². The fourth-order valence-corrected chi connectivity index (χ4v) is 7.92. The van der Waals surface area contributed by atoms with Crippen LogP contribution in [0, 0.1) is 11.8 Å². The highest BCUT2D eigenvalue weighted by atomic mass is 31.2. The molecule has 1 aliphatic carbocycles. The number of unbranched alkanes of at least 4 members (excludes halogenated alkanes) is 12. The van der Waals surface area contributed by atoms with Gasteiger partial charge in [-0.15, -0.1) is 0 Å². The van der Waals surface area contributed by atoms with Crippen molar-refractivity contribution in [2.24, 2.45) is 11.8 Å². The summed E-state index contributed by atoms with van der Waals surface area (Å²) >= 11 is 0. The molecule has 8 atom stereocenters. The zero-order valence-corrected chi connectivity index (χ0v) is 38.8. The molecule has 16 nitrogen and oxygen atoms in total. The summed E-state index contributed by atoms with van der Waals surface area (Å²) < 4.78 is 47.8. The van der Waals surface area contributed by atoms with Crippen molar-refractivity contribution >= 4 is 27.6 Å². The predicted molar refractivity (Wildman–Crippen MR) is 236 cm³/mol. The molecule has 62 heavy (non-hydrogen) atoms. The SMILES string of the molecule is CCCCC/C=C\C/C=C\CCCCCCCCCC(=O)O[C@H](COC(=O)C/C=C\C[C@H]1[C@@H](/C=C/[C@H](O)CCCCC)[C@H](O)C[C@@H]1O)COP(=O)(O)OC[C@@H](O)COP(=O)(O)O. The van der Waals surface area contributed by atoms with E-state index in [4.69, 9.17) is 23.8 Å². The lowest BCUT2D eigenvalue weighted by Crippen LogP contribution is -2.29. The van der Waals surface area contributed by atoms with Crippen LogP contribution in [-0.4, -0.2) is 104 Å². The quantitative estimate of drug-likeness (QED) is 0.0135. The molecular formula is C44H78O16P2. The van der Waals surface area contributed by atoms with Gasteiger partial charge in [-0.1, -0.05) is 127 Å². The van der Waals surface area contributed by atoms with Gasteiger partial charge in [-0.2, -0.15) is 0 Å². The third-order valence-electron chi connectivity index (χ3n) is 10.3. The summed E-state index contributed by atoms with van der Waals surface area (Å²) in [5.74, 6) is -2.05. The van der Waals surface area contributed by atoms with Gasteiger partial charge in [0, 0.05) is 18.8 Å². The number of phosphoric acid groups is 2. The summed E-state index contributed by atoms with van der Waals surface area (Å²) in [5.41, 5.74) is 0. The van der Waals surface area contributed by atoms with Crippen LogP contribution in [-0.2, 0) is 41.8 Å². The maximum absolute atomic E-state index is 12.7. The topological polar surface area (TPSA) is 256 Å². The monoisotopic (exact) mass is 924 g/mol. The van der Waals surface area contributed by atoms with Crippen LogP contribution in [0.4, 0.5) is 0 Å². The lowest BCUT2D eigenvalue weighted by atomic mass is 9.89. The molecular weight excluding hydrogens is 846 g/mol. The second-order valence-corrected chi connectivity index (χ2v) is 18.6. The highest BCUT2D eigenvalue weighted by Gasteiger charge is 2.39. The smallest absolute Gasteiger partial charge is 0.461 e. The maximum atomic E-state index is 12.7. The molecule has 0 aliphatic heterocycles. The molecule has 0 spiro atoms. The molecule has 1 rings (SSSR count). The predicted octanol–water partition coefficient (Wildman–Crippen LogP) is 7.83. The van der Waals surface area contributed by atoms with Crippen molar-refractivity contribution < 1.29 is 76.9 Å². The number of allylic oxidation sites excluding steroid dienone is 5. The Balaban J connectivity index is 2.60. The minimum Gasteiger partial charge on any atom is -0.461 e. The molecule has 1 saturated carbocycles. The second kappa shape index (κ2) is 35.2. The van der Waals surface area contributed by atoms with Crippen molar-refractivity contribution in [3.8, 4) is 0 Å². The van der Waals surface area contributed by atoms with Gasteiger partial charge in [0.15, 0.2) is 6.10 Å². The number of hydrogen-bond donors (Lipinski definition) is 7. The van der Waals surface area contributed by atoms with Crippen molar-refractivity contribution in [2.45, 2.75) is 179 Å². The van der Waals surface area contributed by atoms with E-state index in [1.807, 2.05) is 0 Å². The van der Waals surface area contributed by atoms with Crippen molar-refractivity contribution in [3.63, 3.8) is 0 Å². The van der Waals surface area contributed by atoms with E-state index in [9.17, 15) is 44.0 Å². The largest absolute Gasteiger partial charge is 0.472 e. The Kier molecular flexibility index (Phi) is 33.0. The maximum Gasteiger partial charge on any atom is 0.472 e. The molecule has 0 aromatic rings. The van der Waals surface area contributed by atoms with Crippen molar-refractivity contribution in [2.75, 3.05) is 26.4 Å². The molecule has 1 aliphatic rings. The van der Waals surface area contributed by atoms with Crippen LogP contribution >= 0.6 is 15.6 Å². The number of aliphatic hydroxyl groups excluding tert-OH is 4. The van der Waals surface area contributed by atoms with Crippen molar-refractivity contribution in [3.05, 3.63) is 48.6 Å². The van der Waals surface area contributed by atoms with E-state index in [1.165, 1.54) is 19.3 Å². The van der Waals surface area contributed by atoms with E-state index in [1.54, 1.807) is 24.3 Å². The first kappa shape index (κ1) is 58.0. The normalized spacial score (nSPS) is 21.0. The number of ether oxygens (including phenoxy) is 2. The molecule has 0 radical (unpaired) electrons. The van der Waals surface area contributed by atoms with E-state index in [0.29, 0.717) is 19.3 Å². The molecule has 0 heterocycles. The number of aliphatic hydroxyl groups is 4. The Labute approximate surface area is 369 Å². The number of esters is 2. The number of carbonyl (C=O) groups excluding carboxylic acids is 2. The molecule has 0 aromatic carbocycles. The van der Waals surface area contributed by atoms with Crippen LogP contribution in [0.1, 0.15) is 149 Å². The van der Waals surface area contributed by atoms with E-state index >= 15 is 0 Å². The Morgan fingerprint density at radius 1 is 0.677 bits per heavy atom.